The number of fused-ring (bicyclic) bond motifs is 1. The first-order chi connectivity index (χ1) is 9.21. The average molecular weight is 271 g/mol. The molecule has 0 saturated carbocycles. The molecule has 0 saturated heterocycles. The fourth-order valence-electron chi connectivity index (χ4n) is 1.73. The molecular formula is C14H11ClN4. The number of nitrogens with zero attached hydrogens (tertiary/aromatic N) is 4. The van der Waals surface area contributed by atoms with Gasteiger partial charge < -0.3 is 0 Å². The highest BCUT2D eigenvalue weighted by atomic mass is 35.5. The molecule has 0 fully saturated rings. The molecule has 0 bridgehead atoms. The Bertz CT molecular complexity index is 731. The molecule has 94 valence electrons. The van der Waals surface area contributed by atoms with Crippen molar-refractivity contribution in [2.24, 2.45) is 4.99 Å². The molecule has 0 aliphatic carbocycles. The summed E-state index contributed by atoms with van der Waals surface area (Å²) < 4.78 is 1.71. The summed E-state index contributed by atoms with van der Waals surface area (Å²) in [5.74, 6) is 0. The van der Waals surface area contributed by atoms with Crippen molar-refractivity contribution in [1.82, 2.24) is 9.38 Å². The highest BCUT2D eigenvalue weighted by molar-refractivity contribution is 6.33. The second-order valence-electron chi connectivity index (χ2n) is 3.70. The second kappa shape index (κ2) is 5.51. The minimum absolute atomic E-state index is 0.357. The van der Waals surface area contributed by atoms with Crippen LogP contribution in [0, 0.1) is 11.3 Å². The molecule has 5 heteroatoms. The molecule has 0 spiro atoms. The van der Waals surface area contributed by atoms with Crippen molar-refractivity contribution in [2.45, 2.75) is 6.92 Å². The van der Waals surface area contributed by atoms with Gasteiger partial charge in [0.25, 0.3) is 0 Å². The van der Waals surface area contributed by atoms with Crippen LogP contribution in [0.2, 0.25) is 0 Å². The summed E-state index contributed by atoms with van der Waals surface area (Å²) in [6.07, 6.45) is 6.58. The lowest BCUT2D eigenvalue weighted by atomic mass is 10.1. The van der Waals surface area contributed by atoms with Gasteiger partial charge in [0.2, 0.25) is 0 Å². The first-order valence-corrected chi connectivity index (χ1v) is 5.97. The standard InChI is InChI=1S/C14H11ClN4/c1-3-12(14(15)17-4-2)10-5-6-13-18-8-11(7-16)19(13)9-10/h3-6,8-9H,1H2,2H3/b14-12+,17-4?. The van der Waals surface area contributed by atoms with E-state index in [-0.39, 0.29) is 0 Å². The predicted molar refractivity (Wildman–Crippen MR) is 77.0 cm³/mol. The lowest BCUT2D eigenvalue weighted by Crippen LogP contribution is -1.92. The van der Waals surface area contributed by atoms with Crippen LogP contribution in [0.1, 0.15) is 18.2 Å². The van der Waals surface area contributed by atoms with E-state index in [2.05, 4.69) is 22.6 Å². The third kappa shape index (κ3) is 2.42. The Balaban J connectivity index is 2.66. The van der Waals surface area contributed by atoms with E-state index in [0.717, 1.165) is 5.56 Å². The van der Waals surface area contributed by atoms with Gasteiger partial charge in [0.05, 0.1) is 6.20 Å². The summed E-state index contributed by atoms with van der Waals surface area (Å²) in [7, 11) is 0. The highest BCUT2D eigenvalue weighted by Gasteiger charge is 2.07. The number of imidazole rings is 1. The van der Waals surface area contributed by atoms with Crippen LogP contribution in [-0.4, -0.2) is 15.6 Å². The maximum Gasteiger partial charge on any atom is 0.144 e. The van der Waals surface area contributed by atoms with Crippen molar-refractivity contribution in [1.29, 1.82) is 5.26 Å². The minimum atomic E-state index is 0.357. The zero-order valence-corrected chi connectivity index (χ0v) is 11.1. The summed E-state index contributed by atoms with van der Waals surface area (Å²) >= 11 is 6.10. The maximum absolute atomic E-state index is 9.01. The van der Waals surface area contributed by atoms with Gasteiger partial charge in [-0.3, -0.25) is 4.40 Å². The van der Waals surface area contributed by atoms with Crippen LogP contribution >= 0.6 is 11.6 Å². The molecule has 0 aromatic carbocycles. The number of nitriles is 1. The Labute approximate surface area is 116 Å². The van der Waals surface area contributed by atoms with E-state index in [1.54, 1.807) is 29.8 Å². The van der Waals surface area contributed by atoms with Crippen molar-refractivity contribution in [3.05, 3.63) is 53.6 Å². The van der Waals surface area contributed by atoms with Gasteiger partial charge in [-0.1, -0.05) is 24.3 Å². The van der Waals surface area contributed by atoms with Gasteiger partial charge in [-0.25, -0.2) is 9.98 Å². The number of hydrogen-bond acceptors (Lipinski definition) is 3. The van der Waals surface area contributed by atoms with Gasteiger partial charge in [-0.2, -0.15) is 5.26 Å². The zero-order valence-electron chi connectivity index (χ0n) is 10.3. The average Bonchev–Trinajstić information content (AvgIpc) is 2.82. The van der Waals surface area contributed by atoms with Crippen LogP contribution < -0.4 is 0 Å². The lowest BCUT2D eigenvalue weighted by molar-refractivity contribution is 1.14. The lowest BCUT2D eigenvalue weighted by Gasteiger charge is -2.05. The highest BCUT2D eigenvalue weighted by Crippen LogP contribution is 2.24. The van der Waals surface area contributed by atoms with E-state index in [4.69, 9.17) is 16.9 Å². The molecule has 0 radical (unpaired) electrons. The number of pyridine rings is 1. The summed E-state index contributed by atoms with van der Waals surface area (Å²) in [6, 6.07) is 5.77. The van der Waals surface area contributed by atoms with Gasteiger partial charge in [-0.05, 0) is 19.1 Å². The smallest absolute Gasteiger partial charge is 0.144 e. The molecule has 0 amide bonds. The first kappa shape index (κ1) is 13.1. The molecule has 0 aliphatic heterocycles. The van der Waals surface area contributed by atoms with Gasteiger partial charge in [0, 0.05) is 23.5 Å². The normalized spacial score (nSPS) is 12.5. The monoisotopic (exact) mass is 270 g/mol. The number of aliphatic imine (C=N–C) groups is 1. The SMILES string of the molecule is C=C/C(=C(/Cl)N=CC)c1ccc2ncc(C#N)n2c1. The van der Waals surface area contributed by atoms with E-state index in [9.17, 15) is 0 Å². The molecule has 2 aromatic rings. The van der Waals surface area contributed by atoms with Crippen molar-refractivity contribution in [3.8, 4) is 6.07 Å². The summed E-state index contributed by atoms with van der Waals surface area (Å²) in [4.78, 5) is 8.17. The van der Waals surface area contributed by atoms with Crippen LogP contribution in [-0.2, 0) is 0 Å². The molecule has 2 rings (SSSR count). The Morgan fingerprint density at radius 2 is 2.37 bits per heavy atom. The van der Waals surface area contributed by atoms with E-state index >= 15 is 0 Å². The van der Waals surface area contributed by atoms with Gasteiger partial charge in [-0.15, -0.1) is 0 Å². The third-order valence-electron chi connectivity index (χ3n) is 2.60. The van der Waals surface area contributed by atoms with Gasteiger partial charge >= 0.3 is 0 Å². The Kier molecular flexibility index (Phi) is 3.79. The number of allylic oxidation sites excluding steroid dienone is 2. The van der Waals surface area contributed by atoms with E-state index in [1.165, 1.54) is 6.20 Å². The van der Waals surface area contributed by atoms with E-state index < -0.39 is 0 Å². The molecule has 19 heavy (non-hydrogen) atoms. The molecule has 0 aliphatic rings. The van der Waals surface area contributed by atoms with Crippen LogP contribution in [0.3, 0.4) is 0 Å². The topological polar surface area (TPSA) is 53.5 Å². The number of hydrogen-bond donors (Lipinski definition) is 0. The predicted octanol–water partition coefficient (Wildman–Crippen LogP) is 3.39. The van der Waals surface area contributed by atoms with E-state index in [1.807, 2.05) is 12.1 Å². The van der Waals surface area contributed by atoms with Crippen LogP contribution in [0.25, 0.3) is 11.2 Å². The number of aromatic nitrogens is 2. The summed E-state index contributed by atoms with van der Waals surface area (Å²) in [5, 5.41) is 9.37. The van der Waals surface area contributed by atoms with E-state index in [0.29, 0.717) is 22.1 Å². The molecule has 0 atom stereocenters. The molecular weight excluding hydrogens is 260 g/mol. The quantitative estimate of drug-likeness (QED) is 0.488. The van der Waals surface area contributed by atoms with Crippen LogP contribution in [0.15, 0.2) is 47.3 Å². The zero-order chi connectivity index (χ0) is 13.8. The largest absolute Gasteiger partial charge is 0.291 e. The van der Waals surface area contributed by atoms with Gasteiger partial charge in [0.1, 0.15) is 22.6 Å². The fraction of sp³-hybridized carbons (Fsp3) is 0.0714. The molecule has 0 unspecified atom stereocenters. The van der Waals surface area contributed by atoms with Crippen molar-refractivity contribution < 1.29 is 0 Å². The number of halogens is 1. The third-order valence-corrected chi connectivity index (χ3v) is 2.90. The maximum atomic E-state index is 9.01. The fourth-order valence-corrected chi connectivity index (χ4v) is 2.01. The van der Waals surface area contributed by atoms with Crippen molar-refractivity contribution in [3.63, 3.8) is 0 Å². The van der Waals surface area contributed by atoms with Crippen molar-refractivity contribution in [2.75, 3.05) is 0 Å². The van der Waals surface area contributed by atoms with Crippen LogP contribution in [0.4, 0.5) is 0 Å². The Morgan fingerprint density at radius 3 is 3.00 bits per heavy atom. The molecule has 2 aromatic heterocycles. The van der Waals surface area contributed by atoms with Crippen molar-refractivity contribution >= 4 is 29.0 Å². The minimum Gasteiger partial charge on any atom is -0.291 e. The first-order valence-electron chi connectivity index (χ1n) is 5.59. The second-order valence-corrected chi connectivity index (χ2v) is 4.06. The Hall–Kier alpha value is -2.38. The molecule has 4 nitrogen and oxygen atoms in total. The Morgan fingerprint density at radius 1 is 1.58 bits per heavy atom. The van der Waals surface area contributed by atoms with Gasteiger partial charge in [0.15, 0.2) is 0 Å². The molecule has 2 heterocycles. The van der Waals surface area contributed by atoms with Crippen LogP contribution in [0.5, 0.6) is 0 Å². The summed E-state index contributed by atoms with van der Waals surface area (Å²) in [6.45, 7) is 5.53. The number of rotatable bonds is 3. The summed E-state index contributed by atoms with van der Waals surface area (Å²) in [5.41, 5.74) is 2.71. The molecule has 0 N–H and O–H groups in total.